The van der Waals surface area contributed by atoms with Gasteiger partial charge in [0.05, 0.1) is 5.75 Å². The van der Waals surface area contributed by atoms with Crippen LogP contribution in [0.2, 0.25) is 0 Å². The first-order valence-corrected chi connectivity index (χ1v) is 8.79. The topological polar surface area (TPSA) is 47.8 Å². The van der Waals surface area contributed by atoms with E-state index < -0.39 is 0 Å². The zero-order chi connectivity index (χ0) is 15.5. The molecule has 5 heteroatoms. The number of ketones is 1. The van der Waals surface area contributed by atoms with E-state index in [1.807, 2.05) is 24.3 Å². The van der Waals surface area contributed by atoms with Gasteiger partial charge in [-0.15, -0.1) is 10.2 Å². The number of rotatable bonds is 7. The summed E-state index contributed by atoms with van der Waals surface area (Å²) in [5, 5.41) is 9.44. The Morgan fingerprint density at radius 1 is 1.27 bits per heavy atom. The maximum Gasteiger partial charge on any atom is 0.191 e. The maximum atomic E-state index is 12.1. The Labute approximate surface area is 135 Å². The van der Waals surface area contributed by atoms with Crippen LogP contribution in [0.1, 0.15) is 42.6 Å². The van der Waals surface area contributed by atoms with E-state index >= 15 is 0 Å². The molecule has 3 rings (SSSR count). The van der Waals surface area contributed by atoms with Crippen LogP contribution in [-0.2, 0) is 17.8 Å². The minimum absolute atomic E-state index is 0.229. The van der Waals surface area contributed by atoms with Gasteiger partial charge in [0.15, 0.2) is 5.16 Å². The Morgan fingerprint density at radius 3 is 2.64 bits per heavy atom. The van der Waals surface area contributed by atoms with Crippen LogP contribution in [0.5, 0.6) is 0 Å². The van der Waals surface area contributed by atoms with Gasteiger partial charge in [0, 0.05) is 18.9 Å². The largest absolute Gasteiger partial charge is 0.306 e. The third-order valence-electron chi connectivity index (χ3n) is 3.89. The highest BCUT2D eigenvalue weighted by molar-refractivity contribution is 7.99. The molecule has 1 saturated carbocycles. The van der Waals surface area contributed by atoms with Crippen LogP contribution in [0, 0.1) is 6.92 Å². The molecule has 0 atom stereocenters. The van der Waals surface area contributed by atoms with Crippen molar-refractivity contribution in [3.05, 3.63) is 41.2 Å². The molecule has 22 heavy (non-hydrogen) atoms. The average Bonchev–Trinajstić information content (AvgIpc) is 3.27. The number of hydrogen-bond acceptors (Lipinski definition) is 4. The van der Waals surface area contributed by atoms with Gasteiger partial charge < -0.3 is 4.57 Å². The predicted octanol–water partition coefficient (Wildman–Crippen LogP) is 3.39. The summed E-state index contributed by atoms with van der Waals surface area (Å²) in [5.74, 6) is 2.37. The van der Waals surface area contributed by atoms with E-state index in [4.69, 9.17) is 0 Å². The zero-order valence-corrected chi connectivity index (χ0v) is 13.9. The van der Waals surface area contributed by atoms with E-state index in [1.165, 1.54) is 30.2 Å². The molecule has 0 unspecified atom stereocenters. The van der Waals surface area contributed by atoms with Crippen LogP contribution >= 0.6 is 11.8 Å². The molecule has 116 valence electrons. The first kappa shape index (κ1) is 15.3. The normalized spacial score (nSPS) is 14.3. The molecule has 0 radical (unpaired) electrons. The highest BCUT2D eigenvalue weighted by Crippen LogP contribution is 2.39. The lowest BCUT2D eigenvalue weighted by molar-refractivity contribution is -0.116. The monoisotopic (exact) mass is 315 g/mol. The van der Waals surface area contributed by atoms with Crippen LogP contribution in [0.3, 0.4) is 0 Å². The lowest BCUT2D eigenvalue weighted by Crippen LogP contribution is -2.08. The van der Waals surface area contributed by atoms with E-state index in [0.717, 1.165) is 23.1 Å². The molecule has 1 aliphatic carbocycles. The van der Waals surface area contributed by atoms with Gasteiger partial charge >= 0.3 is 0 Å². The summed E-state index contributed by atoms with van der Waals surface area (Å²) in [6, 6.07) is 8.14. The van der Waals surface area contributed by atoms with E-state index in [0.29, 0.717) is 18.1 Å². The molecule has 2 aromatic rings. The fraction of sp³-hybridized carbons (Fsp3) is 0.471. The van der Waals surface area contributed by atoms with Crippen molar-refractivity contribution in [2.45, 2.75) is 50.7 Å². The number of Topliss-reactive ketones (excluding diaryl/α,β-unsaturated/α-hetero) is 1. The number of aromatic nitrogens is 3. The minimum Gasteiger partial charge on any atom is -0.306 e. The van der Waals surface area contributed by atoms with Crippen molar-refractivity contribution in [1.29, 1.82) is 0 Å². The van der Waals surface area contributed by atoms with Crippen LogP contribution in [0.25, 0.3) is 0 Å². The molecular weight excluding hydrogens is 294 g/mol. The second-order valence-corrected chi connectivity index (χ2v) is 6.79. The summed E-state index contributed by atoms with van der Waals surface area (Å²) in [7, 11) is 0. The molecule has 1 aliphatic rings. The molecule has 4 nitrogen and oxygen atoms in total. The third kappa shape index (κ3) is 3.58. The number of carbonyl (C=O) groups is 1. The summed E-state index contributed by atoms with van der Waals surface area (Å²) in [6.45, 7) is 5.03. The highest BCUT2D eigenvalue weighted by Gasteiger charge is 2.30. The molecule has 1 aromatic heterocycles. The van der Waals surface area contributed by atoms with Crippen molar-refractivity contribution >= 4 is 17.5 Å². The fourth-order valence-corrected chi connectivity index (χ4v) is 3.35. The van der Waals surface area contributed by atoms with Crippen LogP contribution in [-0.4, -0.2) is 26.3 Å². The van der Waals surface area contributed by atoms with Gasteiger partial charge in [-0.05, 0) is 32.3 Å². The molecule has 0 spiro atoms. The van der Waals surface area contributed by atoms with Gasteiger partial charge in [0.1, 0.15) is 11.6 Å². The lowest BCUT2D eigenvalue weighted by atomic mass is 10.1. The molecular formula is C17H21N3OS. The number of hydrogen-bond donors (Lipinski definition) is 0. The average molecular weight is 315 g/mol. The Bertz CT molecular complexity index is 659. The van der Waals surface area contributed by atoms with Crippen molar-refractivity contribution in [3.8, 4) is 0 Å². The molecule has 0 N–H and O–H groups in total. The Balaban J connectivity index is 1.57. The van der Waals surface area contributed by atoms with Gasteiger partial charge in [0.2, 0.25) is 0 Å². The number of aryl methyl sites for hydroxylation is 1. The van der Waals surface area contributed by atoms with Crippen LogP contribution < -0.4 is 0 Å². The summed E-state index contributed by atoms with van der Waals surface area (Å²) in [6.07, 6.45) is 2.92. The van der Waals surface area contributed by atoms with Gasteiger partial charge in [0.25, 0.3) is 0 Å². The molecule has 0 bridgehead atoms. The number of nitrogens with zero attached hydrogens (tertiary/aromatic N) is 3. The molecule has 1 fully saturated rings. The Morgan fingerprint density at radius 2 is 2.00 bits per heavy atom. The summed E-state index contributed by atoms with van der Waals surface area (Å²) in [5.41, 5.74) is 2.29. The van der Waals surface area contributed by atoms with Crippen LogP contribution in [0.4, 0.5) is 0 Å². The number of carbonyl (C=O) groups excluding carboxylic acids is 1. The van der Waals surface area contributed by atoms with E-state index in [1.54, 1.807) is 0 Å². The van der Waals surface area contributed by atoms with E-state index in [-0.39, 0.29) is 5.78 Å². The quantitative estimate of drug-likeness (QED) is 0.735. The van der Waals surface area contributed by atoms with Crippen molar-refractivity contribution in [3.63, 3.8) is 0 Å². The van der Waals surface area contributed by atoms with Gasteiger partial charge in [-0.25, -0.2) is 0 Å². The highest BCUT2D eigenvalue weighted by atomic mass is 32.2. The van der Waals surface area contributed by atoms with Crippen molar-refractivity contribution in [1.82, 2.24) is 14.8 Å². The number of benzene rings is 1. The molecule has 0 aliphatic heterocycles. The van der Waals surface area contributed by atoms with Crippen molar-refractivity contribution < 1.29 is 4.79 Å². The summed E-state index contributed by atoms with van der Waals surface area (Å²) >= 11 is 1.51. The smallest absolute Gasteiger partial charge is 0.191 e. The Kier molecular flexibility index (Phi) is 4.62. The minimum atomic E-state index is 0.229. The van der Waals surface area contributed by atoms with Crippen molar-refractivity contribution in [2.24, 2.45) is 0 Å². The van der Waals surface area contributed by atoms with Crippen molar-refractivity contribution in [2.75, 3.05) is 5.75 Å². The zero-order valence-electron chi connectivity index (χ0n) is 13.1. The SMILES string of the molecule is CCn1c(SCC(=O)Cc2ccc(C)cc2)nnc1C1CC1. The third-order valence-corrected chi connectivity index (χ3v) is 4.91. The molecule has 1 aromatic carbocycles. The lowest BCUT2D eigenvalue weighted by Gasteiger charge is -2.06. The maximum absolute atomic E-state index is 12.1. The standard InChI is InChI=1S/C17H21N3OS/c1-3-20-16(14-8-9-14)18-19-17(20)22-11-15(21)10-13-6-4-12(2)5-7-13/h4-7,14H,3,8-11H2,1-2H3. The second kappa shape index (κ2) is 6.65. The number of thioether (sulfide) groups is 1. The fourth-order valence-electron chi connectivity index (χ4n) is 2.48. The molecule has 0 saturated heterocycles. The summed E-state index contributed by atoms with van der Waals surface area (Å²) in [4.78, 5) is 12.1. The predicted molar refractivity (Wildman–Crippen MR) is 88.3 cm³/mol. The first-order valence-electron chi connectivity index (χ1n) is 7.80. The Hall–Kier alpha value is -1.62. The van der Waals surface area contributed by atoms with Gasteiger partial charge in [-0.3, -0.25) is 4.79 Å². The van der Waals surface area contributed by atoms with Gasteiger partial charge in [-0.2, -0.15) is 0 Å². The second-order valence-electron chi connectivity index (χ2n) is 5.85. The van der Waals surface area contributed by atoms with Gasteiger partial charge in [-0.1, -0.05) is 41.6 Å². The molecule has 0 amide bonds. The van der Waals surface area contributed by atoms with Crippen LogP contribution in [0.15, 0.2) is 29.4 Å². The van der Waals surface area contributed by atoms with E-state index in [9.17, 15) is 4.79 Å². The summed E-state index contributed by atoms with van der Waals surface area (Å²) < 4.78 is 2.15. The molecule has 1 heterocycles. The van der Waals surface area contributed by atoms with E-state index in [2.05, 4.69) is 28.6 Å². The first-order chi connectivity index (χ1) is 10.7.